The first-order chi connectivity index (χ1) is 39.5. The molecule has 1 atom stereocenters. The highest BCUT2D eigenvalue weighted by Gasteiger charge is 2.19. The van der Waals surface area contributed by atoms with Gasteiger partial charge in [0.2, 0.25) is 0 Å². The topological polar surface area (TPSA) is 78.9 Å². The van der Waals surface area contributed by atoms with E-state index >= 15 is 0 Å². The Morgan fingerprint density at radius 1 is 0.263 bits per heavy atom. The predicted molar refractivity (Wildman–Crippen MR) is 348 cm³/mol. The van der Waals surface area contributed by atoms with Gasteiger partial charge in [0.1, 0.15) is 13.2 Å². The Hall–Kier alpha value is -4.97. The summed E-state index contributed by atoms with van der Waals surface area (Å²) in [6, 6.07) is 0. The third-order valence-corrected chi connectivity index (χ3v) is 13.3. The van der Waals surface area contributed by atoms with Gasteiger partial charge < -0.3 is 14.2 Å². The summed E-state index contributed by atoms with van der Waals surface area (Å²) in [5.41, 5.74) is 0. The van der Waals surface area contributed by atoms with Gasteiger partial charge in [0.05, 0.1) is 0 Å². The normalized spacial score (nSPS) is 13.2. The first-order valence-electron chi connectivity index (χ1n) is 32.5. The second-order valence-electron chi connectivity index (χ2n) is 20.9. The minimum atomic E-state index is -0.806. The number of carbonyl (C=O) groups is 3. The molecule has 0 N–H and O–H groups in total. The van der Waals surface area contributed by atoms with Crippen LogP contribution in [0, 0.1) is 0 Å². The molecule has 0 aromatic carbocycles. The molecule has 0 saturated carbocycles. The van der Waals surface area contributed by atoms with Crippen molar-refractivity contribution >= 4 is 17.9 Å². The molecule has 0 rings (SSSR count). The van der Waals surface area contributed by atoms with E-state index in [0.717, 1.165) is 135 Å². The van der Waals surface area contributed by atoms with Crippen molar-refractivity contribution in [1.29, 1.82) is 0 Å². The Labute approximate surface area is 492 Å². The second-order valence-corrected chi connectivity index (χ2v) is 20.9. The Morgan fingerprint density at radius 3 is 0.787 bits per heavy atom. The van der Waals surface area contributed by atoms with E-state index in [2.05, 4.69) is 179 Å². The molecule has 0 aromatic rings. The van der Waals surface area contributed by atoms with E-state index in [0.29, 0.717) is 19.3 Å². The third-order valence-electron chi connectivity index (χ3n) is 13.3. The predicted octanol–water partition coefficient (Wildman–Crippen LogP) is 22.5. The number of hydrogen-bond acceptors (Lipinski definition) is 6. The number of allylic oxidation sites excluding steroid dienone is 26. The lowest BCUT2D eigenvalue weighted by molar-refractivity contribution is -0.167. The number of rotatable bonds is 57. The Kier molecular flexibility index (Phi) is 62.4. The summed E-state index contributed by atoms with van der Waals surface area (Å²) in [7, 11) is 0. The molecular formula is C74H118O6. The quantitative estimate of drug-likeness (QED) is 0.0261. The van der Waals surface area contributed by atoms with E-state index in [1.165, 1.54) is 89.9 Å². The summed E-state index contributed by atoms with van der Waals surface area (Å²) >= 11 is 0. The van der Waals surface area contributed by atoms with Crippen LogP contribution in [0.15, 0.2) is 158 Å². The number of ether oxygens (including phenoxy) is 3. The Balaban J connectivity index is 4.20. The van der Waals surface area contributed by atoms with E-state index in [4.69, 9.17) is 14.2 Å². The first-order valence-corrected chi connectivity index (χ1v) is 32.5. The molecule has 0 fully saturated rings. The lowest BCUT2D eigenvalue weighted by Gasteiger charge is -2.18. The molecule has 6 nitrogen and oxygen atoms in total. The number of hydrogen-bond donors (Lipinski definition) is 0. The molecule has 1 unspecified atom stereocenters. The Bertz CT molecular complexity index is 1790. The van der Waals surface area contributed by atoms with Crippen molar-refractivity contribution in [2.24, 2.45) is 0 Å². The van der Waals surface area contributed by atoms with Crippen molar-refractivity contribution in [1.82, 2.24) is 0 Å². The molecule has 0 saturated heterocycles. The maximum absolute atomic E-state index is 12.8. The van der Waals surface area contributed by atoms with Crippen molar-refractivity contribution < 1.29 is 28.6 Å². The van der Waals surface area contributed by atoms with E-state index in [1.807, 2.05) is 0 Å². The zero-order valence-corrected chi connectivity index (χ0v) is 51.5. The molecule has 80 heavy (non-hydrogen) atoms. The molecule has 0 aliphatic rings. The van der Waals surface area contributed by atoms with E-state index in [1.54, 1.807) is 0 Å². The number of carbonyl (C=O) groups excluding carboxylic acids is 3. The molecule has 0 aliphatic heterocycles. The van der Waals surface area contributed by atoms with Crippen LogP contribution in [0.1, 0.15) is 271 Å². The van der Waals surface area contributed by atoms with Crippen LogP contribution in [-0.4, -0.2) is 37.2 Å². The Morgan fingerprint density at radius 2 is 0.487 bits per heavy atom. The van der Waals surface area contributed by atoms with Gasteiger partial charge in [-0.15, -0.1) is 0 Å². The highest BCUT2D eigenvalue weighted by atomic mass is 16.6. The number of unbranched alkanes of at least 4 members (excludes halogenated alkanes) is 20. The largest absolute Gasteiger partial charge is 0.462 e. The van der Waals surface area contributed by atoms with Gasteiger partial charge >= 0.3 is 17.9 Å². The molecule has 0 spiro atoms. The minimum absolute atomic E-state index is 0.101. The number of esters is 3. The maximum atomic E-state index is 12.8. The highest BCUT2D eigenvalue weighted by molar-refractivity contribution is 5.71. The lowest BCUT2D eigenvalue weighted by Crippen LogP contribution is -2.30. The monoisotopic (exact) mass is 1100 g/mol. The van der Waals surface area contributed by atoms with E-state index < -0.39 is 6.10 Å². The summed E-state index contributed by atoms with van der Waals surface area (Å²) in [5, 5.41) is 0. The molecule has 0 amide bonds. The van der Waals surface area contributed by atoms with Crippen molar-refractivity contribution in [3.8, 4) is 0 Å². The van der Waals surface area contributed by atoms with Crippen LogP contribution >= 0.6 is 0 Å². The first kappa shape index (κ1) is 75.0. The standard InChI is InChI=1S/C74H118O6/c1-4-7-10-13-16-18-20-22-24-26-28-30-32-34-36-37-39-40-42-44-46-48-50-52-54-56-58-61-64-67-73(76)79-70-71(69-78-72(75)66-63-60-15-12-9-6-3)80-74(77)68-65-62-59-57-55-53-51-49-47-45-43-41-38-35-33-31-29-27-25-23-21-19-17-14-11-8-5-2/h7-8,10-11,16-19,22-25,28-31,34-36,38,43,45,49,51,55,57,71H,4-6,9,12-15,20-21,26-27,32-33,37,39-42,44,46-48,50,52-54,56,58-70H2,1-3H3/b10-7-,11-8-,18-16-,19-17-,24-22-,25-23-,30-28-,31-29-,36-34-,38-35-,45-43-,51-49-,57-55-. The van der Waals surface area contributed by atoms with Gasteiger partial charge in [-0.2, -0.15) is 0 Å². The van der Waals surface area contributed by atoms with Gasteiger partial charge in [-0.25, -0.2) is 0 Å². The van der Waals surface area contributed by atoms with Crippen LogP contribution in [-0.2, 0) is 28.6 Å². The van der Waals surface area contributed by atoms with Gasteiger partial charge in [0, 0.05) is 19.3 Å². The summed E-state index contributed by atoms with van der Waals surface area (Å²) in [5.74, 6) is -0.959. The van der Waals surface area contributed by atoms with Gasteiger partial charge in [0.15, 0.2) is 6.10 Å². The summed E-state index contributed by atoms with van der Waals surface area (Å²) in [4.78, 5) is 38.0. The fourth-order valence-corrected chi connectivity index (χ4v) is 8.48. The van der Waals surface area contributed by atoms with Gasteiger partial charge in [-0.05, 0) is 128 Å². The lowest BCUT2D eigenvalue weighted by atomic mass is 10.0. The second kappa shape index (κ2) is 66.5. The maximum Gasteiger partial charge on any atom is 0.306 e. The van der Waals surface area contributed by atoms with Crippen LogP contribution < -0.4 is 0 Å². The summed E-state index contributed by atoms with van der Waals surface area (Å²) < 4.78 is 16.8. The molecule has 0 bridgehead atoms. The van der Waals surface area contributed by atoms with Crippen LogP contribution in [0.3, 0.4) is 0 Å². The molecule has 0 heterocycles. The van der Waals surface area contributed by atoms with Gasteiger partial charge in [-0.3, -0.25) is 14.4 Å². The van der Waals surface area contributed by atoms with Gasteiger partial charge in [0.25, 0.3) is 0 Å². The highest BCUT2D eigenvalue weighted by Crippen LogP contribution is 2.15. The van der Waals surface area contributed by atoms with E-state index in [-0.39, 0.29) is 37.5 Å². The van der Waals surface area contributed by atoms with Crippen LogP contribution in [0.25, 0.3) is 0 Å². The summed E-state index contributed by atoms with van der Waals surface area (Å²) in [6.45, 7) is 6.31. The SMILES string of the molecule is CC/C=C\C/C=C\C/C=C\C/C=C\C/C=C\C/C=C\C/C=C\C/C=C\CCCCC(=O)OC(COC(=O)CCCCCCCC)COC(=O)CCCCCCCCCCCCCCC/C=C\C/C=C\C/C=C\C/C=C\C/C=C\CC. The molecule has 0 radical (unpaired) electrons. The smallest absolute Gasteiger partial charge is 0.306 e. The van der Waals surface area contributed by atoms with Crippen LogP contribution in [0.4, 0.5) is 0 Å². The fraction of sp³-hybridized carbons (Fsp3) is 0.608. The molecule has 0 aromatic heterocycles. The third kappa shape index (κ3) is 63.9. The molecule has 0 aliphatic carbocycles. The van der Waals surface area contributed by atoms with Crippen molar-refractivity contribution in [3.05, 3.63) is 158 Å². The fourth-order valence-electron chi connectivity index (χ4n) is 8.48. The van der Waals surface area contributed by atoms with Gasteiger partial charge in [-0.1, -0.05) is 281 Å². The zero-order valence-electron chi connectivity index (χ0n) is 51.5. The van der Waals surface area contributed by atoms with E-state index in [9.17, 15) is 14.4 Å². The van der Waals surface area contributed by atoms with Crippen molar-refractivity contribution in [3.63, 3.8) is 0 Å². The van der Waals surface area contributed by atoms with Crippen LogP contribution in [0.2, 0.25) is 0 Å². The molecular weight excluding hydrogens is 985 g/mol. The summed E-state index contributed by atoms with van der Waals surface area (Å²) in [6.07, 6.45) is 97.2. The van der Waals surface area contributed by atoms with Crippen LogP contribution in [0.5, 0.6) is 0 Å². The minimum Gasteiger partial charge on any atom is -0.462 e. The average Bonchev–Trinajstić information content (AvgIpc) is 3.46. The zero-order chi connectivity index (χ0) is 57.8. The molecule has 450 valence electrons. The van der Waals surface area contributed by atoms with Crippen molar-refractivity contribution in [2.45, 2.75) is 277 Å². The van der Waals surface area contributed by atoms with Crippen molar-refractivity contribution in [2.75, 3.05) is 13.2 Å². The average molecular weight is 1100 g/mol. The molecule has 6 heteroatoms.